The molecule has 1 saturated heterocycles. The number of hydrogen-bond donors (Lipinski definition) is 2. The standard InChI is InChI=1S/C15H25BN2O3/c1-17(2)11-13-5-4-8-18(13)10-12-9-14(21-3)6-7-15(12)16(19)20/h6-7,9,13,19-20H,4-5,8,10-11H2,1-3H3. The summed E-state index contributed by atoms with van der Waals surface area (Å²) in [4.78, 5) is 4.62. The van der Waals surface area contributed by atoms with Gasteiger partial charge in [0.15, 0.2) is 0 Å². The quantitative estimate of drug-likeness (QED) is 0.717. The van der Waals surface area contributed by atoms with Gasteiger partial charge in [-0.3, -0.25) is 4.90 Å². The van der Waals surface area contributed by atoms with Crippen LogP contribution in [0.5, 0.6) is 5.75 Å². The zero-order chi connectivity index (χ0) is 15.4. The third-order valence-corrected chi connectivity index (χ3v) is 4.08. The third kappa shape index (κ3) is 4.20. The zero-order valence-electron chi connectivity index (χ0n) is 13.1. The summed E-state index contributed by atoms with van der Waals surface area (Å²) in [6, 6.07) is 5.92. The predicted octanol–water partition coefficient (Wildman–Crippen LogP) is -0.0990. The van der Waals surface area contributed by atoms with Gasteiger partial charge in [-0.15, -0.1) is 0 Å². The number of hydrogen-bond acceptors (Lipinski definition) is 5. The van der Waals surface area contributed by atoms with E-state index < -0.39 is 7.12 Å². The van der Waals surface area contributed by atoms with Crippen LogP contribution in [0, 0.1) is 0 Å². The molecule has 1 aliphatic heterocycles. The number of ether oxygens (including phenoxy) is 1. The van der Waals surface area contributed by atoms with E-state index in [1.165, 1.54) is 12.8 Å². The fourth-order valence-corrected chi connectivity index (χ4v) is 3.05. The largest absolute Gasteiger partial charge is 0.497 e. The van der Waals surface area contributed by atoms with Gasteiger partial charge >= 0.3 is 7.12 Å². The molecular weight excluding hydrogens is 267 g/mol. The maximum atomic E-state index is 9.54. The molecule has 0 radical (unpaired) electrons. The van der Waals surface area contributed by atoms with Gasteiger partial charge in [0, 0.05) is 19.1 Å². The first-order chi connectivity index (χ1) is 10.0. The Labute approximate surface area is 127 Å². The molecule has 21 heavy (non-hydrogen) atoms. The van der Waals surface area contributed by atoms with Crippen LogP contribution >= 0.6 is 0 Å². The highest BCUT2D eigenvalue weighted by Gasteiger charge is 2.27. The first-order valence-corrected chi connectivity index (χ1v) is 7.43. The number of rotatable bonds is 6. The molecule has 0 bridgehead atoms. The molecule has 1 heterocycles. The summed E-state index contributed by atoms with van der Waals surface area (Å²) in [5.74, 6) is 0.748. The van der Waals surface area contributed by atoms with Crippen LogP contribution in [0.25, 0.3) is 0 Å². The molecule has 0 spiro atoms. The van der Waals surface area contributed by atoms with Gasteiger partial charge in [-0.25, -0.2) is 0 Å². The molecular formula is C15H25BN2O3. The molecule has 2 N–H and O–H groups in total. The predicted molar refractivity (Wildman–Crippen MR) is 84.8 cm³/mol. The van der Waals surface area contributed by atoms with E-state index in [0.717, 1.165) is 30.9 Å². The molecule has 5 nitrogen and oxygen atoms in total. The summed E-state index contributed by atoms with van der Waals surface area (Å²) in [5, 5.41) is 19.1. The second-order valence-electron chi connectivity index (χ2n) is 5.97. The van der Waals surface area contributed by atoms with Crippen molar-refractivity contribution in [3.63, 3.8) is 0 Å². The Bertz CT molecular complexity index is 468. The smallest absolute Gasteiger partial charge is 0.488 e. The molecule has 1 aromatic rings. The Morgan fingerprint density at radius 3 is 2.76 bits per heavy atom. The summed E-state index contributed by atoms with van der Waals surface area (Å²) in [5.41, 5.74) is 1.49. The van der Waals surface area contributed by atoms with Crippen LogP contribution in [0.1, 0.15) is 18.4 Å². The van der Waals surface area contributed by atoms with Crippen LogP contribution in [0.4, 0.5) is 0 Å². The highest BCUT2D eigenvalue weighted by atomic mass is 16.5. The lowest BCUT2D eigenvalue weighted by atomic mass is 9.77. The van der Waals surface area contributed by atoms with Crippen molar-refractivity contribution in [2.24, 2.45) is 0 Å². The van der Waals surface area contributed by atoms with E-state index >= 15 is 0 Å². The molecule has 1 unspecified atom stereocenters. The molecule has 116 valence electrons. The Kier molecular flexibility index (Phi) is 5.64. The van der Waals surface area contributed by atoms with Crippen LogP contribution in [0.15, 0.2) is 18.2 Å². The third-order valence-electron chi connectivity index (χ3n) is 4.08. The van der Waals surface area contributed by atoms with Crippen molar-refractivity contribution in [2.45, 2.75) is 25.4 Å². The number of likely N-dealkylation sites (N-methyl/N-ethyl adjacent to an activating group) is 1. The molecule has 1 aliphatic rings. The van der Waals surface area contributed by atoms with Crippen molar-refractivity contribution < 1.29 is 14.8 Å². The van der Waals surface area contributed by atoms with Gasteiger partial charge in [-0.1, -0.05) is 6.07 Å². The van der Waals surface area contributed by atoms with Gasteiger partial charge in [0.2, 0.25) is 0 Å². The normalized spacial score (nSPS) is 19.2. The minimum absolute atomic E-state index is 0.523. The van der Waals surface area contributed by atoms with E-state index in [9.17, 15) is 10.0 Å². The van der Waals surface area contributed by atoms with E-state index in [1.54, 1.807) is 19.2 Å². The van der Waals surface area contributed by atoms with Gasteiger partial charge in [-0.2, -0.15) is 0 Å². The van der Waals surface area contributed by atoms with Crippen molar-refractivity contribution in [3.05, 3.63) is 23.8 Å². The van der Waals surface area contributed by atoms with E-state index in [1.807, 2.05) is 6.07 Å². The SMILES string of the molecule is COc1ccc(B(O)O)c(CN2CCCC2CN(C)C)c1. The molecule has 2 rings (SSSR count). The molecule has 1 fully saturated rings. The molecule has 0 aliphatic carbocycles. The minimum atomic E-state index is -1.44. The lowest BCUT2D eigenvalue weighted by Gasteiger charge is -2.28. The Hall–Kier alpha value is -1.08. The van der Waals surface area contributed by atoms with Gasteiger partial charge in [0.25, 0.3) is 0 Å². The number of methoxy groups -OCH3 is 1. The molecule has 0 amide bonds. The van der Waals surface area contributed by atoms with Crippen LogP contribution < -0.4 is 10.2 Å². The van der Waals surface area contributed by atoms with E-state index in [2.05, 4.69) is 23.9 Å². The molecule has 0 saturated carbocycles. The number of nitrogens with zero attached hydrogens (tertiary/aromatic N) is 2. The second kappa shape index (κ2) is 7.27. The number of benzene rings is 1. The van der Waals surface area contributed by atoms with Gasteiger partial charge in [-0.05, 0) is 56.6 Å². The Morgan fingerprint density at radius 2 is 2.14 bits per heavy atom. The molecule has 1 atom stereocenters. The highest BCUT2D eigenvalue weighted by molar-refractivity contribution is 6.59. The summed E-state index contributed by atoms with van der Waals surface area (Å²) in [6.07, 6.45) is 2.39. The first-order valence-electron chi connectivity index (χ1n) is 7.43. The highest BCUT2D eigenvalue weighted by Crippen LogP contribution is 2.21. The maximum Gasteiger partial charge on any atom is 0.488 e. The fourth-order valence-electron chi connectivity index (χ4n) is 3.05. The monoisotopic (exact) mass is 292 g/mol. The lowest BCUT2D eigenvalue weighted by Crippen LogP contribution is -2.40. The van der Waals surface area contributed by atoms with Crippen LogP contribution in [0.3, 0.4) is 0 Å². The van der Waals surface area contributed by atoms with Crippen molar-refractivity contribution in [1.29, 1.82) is 0 Å². The van der Waals surface area contributed by atoms with Crippen LogP contribution in [-0.2, 0) is 6.54 Å². The summed E-state index contributed by atoms with van der Waals surface area (Å²) >= 11 is 0. The molecule has 6 heteroatoms. The second-order valence-corrected chi connectivity index (χ2v) is 5.97. The van der Waals surface area contributed by atoms with E-state index in [-0.39, 0.29) is 0 Å². The maximum absolute atomic E-state index is 9.54. The van der Waals surface area contributed by atoms with Crippen LogP contribution in [-0.4, -0.2) is 67.3 Å². The first kappa shape index (κ1) is 16.3. The van der Waals surface area contributed by atoms with Crippen LogP contribution in [0.2, 0.25) is 0 Å². The average molecular weight is 292 g/mol. The average Bonchev–Trinajstić information content (AvgIpc) is 2.84. The van der Waals surface area contributed by atoms with Gasteiger partial charge in [0.1, 0.15) is 5.75 Å². The van der Waals surface area contributed by atoms with E-state index in [4.69, 9.17) is 4.74 Å². The topological polar surface area (TPSA) is 56.2 Å². The van der Waals surface area contributed by atoms with Crippen molar-refractivity contribution in [3.8, 4) is 5.75 Å². The molecule has 1 aromatic carbocycles. The Balaban J connectivity index is 2.17. The lowest BCUT2D eigenvalue weighted by molar-refractivity contribution is 0.201. The summed E-state index contributed by atoms with van der Waals surface area (Å²) < 4.78 is 5.26. The fraction of sp³-hybridized carbons (Fsp3) is 0.600. The van der Waals surface area contributed by atoms with E-state index in [0.29, 0.717) is 11.5 Å². The van der Waals surface area contributed by atoms with Gasteiger partial charge < -0.3 is 19.7 Å². The molecule has 0 aromatic heterocycles. The van der Waals surface area contributed by atoms with Crippen molar-refractivity contribution in [2.75, 3.05) is 34.3 Å². The summed E-state index contributed by atoms with van der Waals surface area (Å²) in [6.45, 7) is 2.81. The van der Waals surface area contributed by atoms with Gasteiger partial charge in [0.05, 0.1) is 7.11 Å². The summed E-state index contributed by atoms with van der Waals surface area (Å²) in [7, 11) is 4.36. The van der Waals surface area contributed by atoms with Crippen molar-refractivity contribution in [1.82, 2.24) is 9.80 Å². The number of likely N-dealkylation sites (tertiary alicyclic amines) is 1. The Morgan fingerprint density at radius 1 is 1.38 bits per heavy atom. The van der Waals surface area contributed by atoms with Crippen molar-refractivity contribution >= 4 is 12.6 Å². The zero-order valence-corrected chi connectivity index (χ0v) is 13.1. The minimum Gasteiger partial charge on any atom is -0.497 e.